The number of aliphatic hydroxyl groups excluding tert-OH is 3. The van der Waals surface area contributed by atoms with Crippen molar-refractivity contribution in [2.45, 2.75) is 25.6 Å². The Morgan fingerprint density at radius 2 is 2.00 bits per heavy atom. The second kappa shape index (κ2) is 6.54. The van der Waals surface area contributed by atoms with E-state index < -0.39 is 12.2 Å². The average Bonchev–Trinajstić information content (AvgIpc) is 2.00. The number of likely N-dealkylation sites (N-methyl/N-ethyl adjacent to an activating group) is 1. The summed E-state index contributed by atoms with van der Waals surface area (Å²) in [5, 5.41) is 29.4. The van der Waals surface area contributed by atoms with Gasteiger partial charge in [0.15, 0.2) is 0 Å². The van der Waals surface area contributed by atoms with Gasteiger partial charge in [0, 0.05) is 13.0 Å². The minimum atomic E-state index is -0.876. The highest BCUT2D eigenvalue weighted by atomic mass is 16.3. The highest BCUT2D eigenvalue weighted by Crippen LogP contribution is 1.98. The van der Waals surface area contributed by atoms with Crippen molar-refractivity contribution in [3.8, 4) is 0 Å². The van der Waals surface area contributed by atoms with Crippen molar-refractivity contribution in [1.82, 2.24) is 5.32 Å². The third kappa shape index (κ3) is 5.15. The molecule has 0 aliphatic rings. The van der Waals surface area contributed by atoms with Crippen LogP contribution in [0.2, 0.25) is 0 Å². The molecule has 4 heteroatoms. The first-order valence-corrected chi connectivity index (χ1v) is 3.75. The minimum Gasteiger partial charge on any atom is -0.390 e. The molecular formula is C7H16NO3. The number of nitrogens with one attached hydrogen (secondary N) is 1. The predicted molar refractivity (Wildman–Crippen MR) is 41.4 cm³/mol. The van der Waals surface area contributed by atoms with Crippen molar-refractivity contribution >= 4 is 0 Å². The fraction of sp³-hybridized carbons (Fsp3) is 0.857. The molecule has 0 aromatic carbocycles. The Labute approximate surface area is 66.9 Å². The molecule has 0 aliphatic heterocycles. The van der Waals surface area contributed by atoms with Crippen LogP contribution in [0.1, 0.15) is 13.3 Å². The van der Waals surface area contributed by atoms with Crippen molar-refractivity contribution in [2.24, 2.45) is 0 Å². The van der Waals surface area contributed by atoms with Crippen molar-refractivity contribution in [3.05, 3.63) is 6.61 Å². The Balaban J connectivity index is 3.38. The molecule has 1 radical (unpaired) electrons. The van der Waals surface area contributed by atoms with Gasteiger partial charge in [0.05, 0.1) is 18.8 Å². The lowest BCUT2D eigenvalue weighted by atomic mass is 10.1. The molecule has 0 bridgehead atoms. The standard InChI is InChI=1S/C7H16NO3/c1-2-8-5-7(11)6(10)3-4-9/h4,6-11H,2-3,5H2,1H3. The van der Waals surface area contributed by atoms with Crippen LogP contribution < -0.4 is 5.32 Å². The summed E-state index contributed by atoms with van der Waals surface area (Å²) >= 11 is 0. The number of hydrogen-bond donors (Lipinski definition) is 4. The molecule has 67 valence electrons. The highest BCUT2D eigenvalue weighted by molar-refractivity contribution is 4.71. The summed E-state index contributed by atoms with van der Waals surface area (Å²) in [4.78, 5) is 0. The van der Waals surface area contributed by atoms with Gasteiger partial charge in [-0.2, -0.15) is 0 Å². The van der Waals surface area contributed by atoms with E-state index >= 15 is 0 Å². The largest absolute Gasteiger partial charge is 0.390 e. The summed E-state index contributed by atoms with van der Waals surface area (Å²) < 4.78 is 0. The Morgan fingerprint density at radius 3 is 2.45 bits per heavy atom. The van der Waals surface area contributed by atoms with Gasteiger partial charge >= 0.3 is 0 Å². The summed E-state index contributed by atoms with van der Waals surface area (Å²) in [7, 11) is 0. The van der Waals surface area contributed by atoms with Crippen molar-refractivity contribution in [3.63, 3.8) is 0 Å². The molecule has 2 atom stereocenters. The molecular weight excluding hydrogens is 146 g/mol. The maximum Gasteiger partial charge on any atom is 0.0924 e. The molecule has 0 saturated carbocycles. The lowest BCUT2D eigenvalue weighted by Crippen LogP contribution is -2.36. The number of rotatable bonds is 6. The lowest BCUT2D eigenvalue weighted by Gasteiger charge is -2.16. The van der Waals surface area contributed by atoms with E-state index in [0.29, 0.717) is 6.54 Å². The Bertz CT molecular complexity index is 89.8. The van der Waals surface area contributed by atoms with E-state index in [9.17, 15) is 0 Å². The van der Waals surface area contributed by atoms with Crippen LogP contribution in [-0.2, 0) is 0 Å². The zero-order valence-corrected chi connectivity index (χ0v) is 6.70. The van der Waals surface area contributed by atoms with Crippen LogP contribution in [0, 0.1) is 6.61 Å². The predicted octanol–water partition coefficient (Wildman–Crippen LogP) is -0.758. The van der Waals surface area contributed by atoms with Crippen LogP contribution in [0.25, 0.3) is 0 Å². The van der Waals surface area contributed by atoms with Crippen LogP contribution >= 0.6 is 0 Å². The summed E-state index contributed by atoms with van der Waals surface area (Å²) in [6.07, 6.45) is -1.58. The van der Waals surface area contributed by atoms with Gasteiger partial charge in [0.1, 0.15) is 0 Å². The maximum absolute atomic E-state index is 9.14. The van der Waals surface area contributed by atoms with Crippen LogP contribution in [-0.4, -0.2) is 40.6 Å². The van der Waals surface area contributed by atoms with Gasteiger partial charge in [-0.3, -0.25) is 0 Å². The molecule has 0 heterocycles. The molecule has 0 aromatic rings. The van der Waals surface area contributed by atoms with E-state index in [1.54, 1.807) is 0 Å². The van der Waals surface area contributed by atoms with Crippen LogP contribution in [0.5, 0.6) is 0 Å². The third-order valence-electron chi connectivity index (χ3n) is 1.39. The first kappa shape index (κ1) is 10.8. The quantitative estimate of drug-likeness (QED) is 0.414. The van der Waals surface area contributed by atoms with Gasteiger partial charge in [-0.15, -0.1) is 0 Å². The summed E-state index contributed by atoms with van der Waals surface area (Å²) in [5.74, 6) is 0. The normalized spacial score (nSPS) is 16.4. The van der Waals surface area contributed by atoms with Crippen molar-refractivity contribution < 1.29 is 15.3 Å². The third-order valence-corrected chi connectivity index (χ3v) is 1.39. The lowest BCUT2D eigenvalue weighted by molar-refractivity contribution is 0.0143. The van der Waals surface area contributed by atoms with Gasteiger partial charge < -0.3 is 20.6 Å². The summed E-state index contributed by atoms with van der Waals surface area (Å²) in [6.45, 7) is 3.87. The molecule has 0 aliphatic carbocycles. The van der Waals surface area contributed by atoms with Crippen LogP contribution in [0.15, 0.2) is 0 Å². The van der Waals surface area contributed by atoms with E-state index in [1.165, 1.54) is 0 Å². The molecule has 0 aromatic heterocycles. The maximum atomic E-state index is 9.14. The van der Waals surface area contributed by atoms with Gasteiger partial charge in [-0.05, 0) is 6.54 Å². The Morgan fingerprint density at radius 1 is 1.36 bits per heavy atom. The Kier molecular flexibility index (Phi) is 6.45. The van der Waals surface area contributed by atoms with Gasteiger partial charge in [-0.25, -0.2) is 0 Å². The first-order valence-electron chi connectivity index (χ1n) is 3.75. The van der Waals surface area contributed by atoms with E-state index in [-0.39, 0.29) is 6.42 Å². The topological polar surface area (TPSA) is 72.7 Å². The molecule has 0 saturated heterocycles. The molecule has 2 unspecified atom stereocenters. The molecule has 0 amide bonds. The average molecular weight is 162 g/mol. The van der Waals surface area contributed by atoms with E-state index in [2.05, 4.69) is 5.32 Å². The summed E-state index contributed by atoms with van der Waals surface area (Å²) in [6, 6.07) is 0. The van der Waals surface area contributed by atoms with Gasteiger partial charge in [0.2, 0.25) is 0 Å². The second-order valence-electron chi connectivity index (χ2n) is 2.36. The molecule has 4 nitrogen and oxygen atoms in total. The van der Waals surface area contributed by atoms with E-state index in [4.69, 9.17) is 15.3 Å². The number of hydrogen-bond acceptors (Lipinski definition) is 4. The van der Waals surface area contributed by atoms with Crippen molar-refractivity contribution in [1.29, 1.82) is 0 Å². The monoisotopic (exact) mass is 162 g/mol. The molecule has 0 spiro atoms. The van der Waals surface area contributed by atoms with E-state index in [0.717, 1.165) is 13.2 Å². The highest BCUT2D eigenvalue weighted by Gasteiger charge is 2.14. The van der Waals surface area contributed by atoms with Crippen LogP contribution in [0.4, 0.5) is 0 Å². The van der Waals surface area contributed by atoms with Crippen LogP contribution in [0.3, 0.4) is 0 Å². The fourth-order valence-electron chi connectivity index (χ4n) is 0.693. The molecule has 4 N–H and O–H groups in total. The van der Waals surface area contributed by atoms with Gasteiger partial charge in [-0.1, -0.05) is 6.92 Å². The zero-order valence-electron chi connectivity index (χ0n) is 6.70. The molecule has 0 rings (SSSR count). The Hall–Kier alpha value is -0.160. The zero-order chi connectivity index (χ0) is 8.69. The molecule has 11 heavy (non-hydrogen) atoms. The minimum absolute atomic E-state index is 0.104. The second-order valence-corrected chi connectivity index (χ2v) is 2.36. The number of aliphatic hydroxyl groups is 3. The smallest absolute Gasteiger partial charge is 0.0924 e. The summed E-state index contributed by atoms with van der Waals surface area (Å²) in [5.41, 5.74) is 0. The molecule has 0 fully saturated rings. The SMILES string of the molecule is CCNCC(O)C(O)C[CH]O. The van der Waals surface area contributed by atoms with E-state index in [1.807, 2.05) is 6.92 Å². The van der Waals surface area contributed by atoms with Crippen molar-refractivity contribution in [2.75, 3.05) is 13.1 Å². The van der Waals surface area contributed by atoms with Gasteiger partial charge in [0.25, 0.3) is 0 Å². The first-order chi connectivity index (χ1) is 5.22. The fourth-order valence-corrected chi connectivity index (χ4v) is 0.693.